The minimum atomic E-state index is -0.147. The van der Waals surface area contributed by atoms with Crippen molar-refractivity contribution in [2.24, 2.45) is 5.92 Å². The predicted octanol–water partition coefficient (Wildman–Crippen LogP) is 1.78. The Hall–Kier alpha value is -1.19. The van der Waals surface area contributed by atoms with Gasteiger partial charge in [-0.05, 0) is 0 Å². The minimum Gasteiger partial charge on any atom is -0.299 e. The van der Waals surface area contributed by atoms with Gasteiger partial charge in [0, 0.05) is 31.7 Å². The Bertz CT molecular complexity index is 255. The summed E-state index contributed by atoms with van der Waals surface area (Å²) in [6.07, 6.45) is 0.887. The Morgan fingerprint density at radius 3 is 2.00 bits per heavy atom. The van der Waals surface area contributed by atoms with Crippen LogP contribution in [0.4, 0.5) is 0 Å². The topological polar surface area (TPSA) is 54.5 Å². The smallest absolute Gasteiger partial charge is 0.229 e. The molecule has 1 saturated heterocycles. The van der Waals surface area contributed by atoms with Crippen LogP contribution in [0.3, 0.4) is 0 Å². The van der Waals surface area contributed by atoms with Gasteiger partial charge in [-0.25, -0.2) is 0 Å². The van der Waals surface area contributed by atoms with E-state index in [2.05, 4.69) is 0 Å². The molecule has 0 atom stereocenters. The van der Waals surface area contributed by atoms with Gasteiger partial charge in [0.15, 0.2) is 0 Å². The van der Waals surface area contributed by atoms with Gasteiger partial charge in [0.05, 0.1) is 0 Å². The lowest BCUT2D eigenvalue weighted by Gasteiger charge is -2.13. The van der Waals surface area contributed by atoms with Crippen molar-refractivity contribution in [2.75, 3.05) is 6.54 Å². The summed E-state index contributed by atoms with van der Waals surface area (Å²) in [4.78, 5) is 34.8. The lowest BCUT2D eigenvalue weighted by molar-refractivity contribution is -0.138. The Kier molecular flexibility index (Phi) is 6.61. The lowest BCUT2D eigenvalue weighted by atomic mass is 10.1. The number of nitrogens with zero attached hydrogens (tertiary/aromatic N) is 1. The van der Waals surface area contributed by atoms with Crippen molar-refractivity contribution in [1.82, 2.24) is 4.90 Å². The van der Waals surface area contributed by atoms with E-state index in [1.807, 2.05) is 27.7 Å². The highest BCUT2D eigenvalue weighted by Crippen LogP contribution is 2.12. The molecule has 0 aromatic heterocycles. The van der Waals surface area contributed by atoms with Crippen LogP contribution in [0.2, 0.25) is 0 Å². The molecule has 0 bridgehead atoms. The van der Waals surface area contributed by atoms with Crippen LogP contribution in [0.25, 0.3) is 0 Å². The average molecular weight is 227 g/mol. The van der Waals surface area contributed by atoms with E-state index in [-0.39, 0.29) is 36.5 Å². The minimum absolute atomic E-state index is 0.0252. The number of hydrogen-bond acceptors (Lipinski definition) is 3. The molecule has 0 aliphatic carbocycles. The third-order valence-electron chi connectivity index (χ3n) is 2.38. The molecule has 0 unspecified atom stereocenters. The Balaban J connectivity index is 0.00000106. The first-order chi connectivity index (χ1) is 7.52. The third-order valence-corrected chi connectivity index (χ3v) is 2.38. The Morgan fingerprint density at radius 2 is 1.62 bits per heavy atom. The van der Waals surface area contributed by atoms with E-state index < -0.39 is 0 Å². The summed E-state index contributed by atoms with van der Waals surface area (Å²) >= 11 is 0. The normalized spacial score (nSPS) is 15.2. The number of rotatable bonds is 4. The number of hydrogen-bond donors (Lipinski definition) is 0. The van der Waals surface area contributed by atoms with Crippen LogP contribution < -0.4 is 0 Å². The van der Waals surface area contributed by atoms with Crippen molar-refractivity contribution >= 4 is 17.6 Å². The second-order valence-electron chi connectivity index (χ2n) is 3.81. The van der Waals surface area contributed by atoms with Crippen molar-refractivity contribution < 1.29 is 14.4 Å². The van der Waals surface area contributed by atoms with Gasteiger partial charge in [-0.1, -0.05) is 27.7 Å². The van der Waals surface area contributed by atoms with Gasteiger partial charge in [0.2, 0.25) is 11.8 Å². The fraction of sp³-hybridized carbons (Fsp3) is 0.750. The highest BCUT2D eigenvalue weighted by Gasteiger charge is 2.28. The molecule has 1 aliphatic heterocycles. The van der Waals surface area contributed by atoms with E-state index in [9.17, 15) is 14.4 Å². The fourth-order valence-electron chi connectivity index (χ4n) is 1.38. The van der Waals surface area contributed by atoms with Crippen molar-refractivity contribution in [3.05, 3.63) is 0 Å². The van der Waals surface area contributed by atoms with Gasteiger partial charge in [-0.3, -0.25) is 19.3 Å². The number of carbonyl (C=O) groups is 3. The summed E-state index contributed by atoms with van der Waals surface area (Å²) in [6, 6.07) is 0. The molecule has 1 aliphatic rings. The molecule has 1 fully saturated rings. The molecule has 1 rings (SSSR count). The summed E-state index contributed by atoms with van der Waals surface area (Å²) < 4.78 is 0. The molecule has 2 amide bonds. The Labute approximate surface area is 97.0 Å². The molecule has 92 valence electrons. The van der Waals surface area contributed by atoms with Crippen LogP contribution in [0.1, 0.15) is 47.0 Å². The first kappa shape index (κ1) is 14.8. The maximum absolute atomic E-state index is 11.3. The van der Waals surface area contributed by atoms with Gasteiger partial charge < -0.3 is 0 Å². The second-order valence-corrected chi connectivity index (χ2v) is 3.81. The van der Waals surface area contributed by atoms with E-state index in [4.69, 9.17) is 0 Å². The zero-order chi connectivity index (χ0) is 12.7. The summed E-state index contributed by atoms with van der Waals surface area (Å²) in [6.45, 7) is 7.89. The van der Waals surface area contributed by atoms with Crippen molar-refractivity contribution in [3.8, 4) is 0 Å². The van der Waals surface area contributed by atoms with Crippen LogP contribution in [0.5, 0.6) is 0 Å². The van der Waals surface area contributed by atoms with Crippen molar-refractivity contribution in [2.45, 2.75) is 47.0 Å². The summed E-state index contributed by atoms with van der Waals surface area (Å²) in [5.41, 5.74) is 0. The molecular formula is C12H21NO3. The molecule has 0 saturated carbocycles. The van der Waals surface area contributed by atoms with E-state index >= 15 is 0 Å². The molecule has 0 spiro atoms. The van der Waals surface area contributed by atoms with Crippen LogP contribution >= 0.6 is 0 Å². The highest BCUT2D eigenvalue weighted by molar-refractivity contribution is 6.02. The van der Waals surface area contributed by atoms with Gasteiger partial charge >= 0.3 is 0 Å². The standard InChI is InChI=1S/C10H15NO3.C2H6/c1-7(2)8(12)5-6-11-9(13)3-4-10(11)14;1-2/h7H,3-6H2,1-2H3;1-2H3. The molecule has 0 radical (unpaired) electrons. The first-order valence-corrected chi connectivity index (χ1v) is 5.88. The molecule has 4 nitrogen and oxygen atoms in total. The number of Topliss-reactive ketones (excluding diaryl/α,β-unsaturated/α-hetero) is 1. The fourth-order valence-corrected chi connectivity index (χ4v) is 1.38. The zero-order valence-corrected chi connectivity index (χ0v) is 10.6. The Morgan fingerprint density at radius 1 is 1.19 bits per heavy atom. The van der Waals surface area contributed by atoms with Crippen LogP contribution in [0, 0.1) is 5.92 Å². The number of likely N-dealkylation sites (tertiary alicyclic amines) is 1. The number of amides is 2. The van der Waals surface area contributed by atoms with E-state index in [1.54, 1.807) is 0 Å². The molecule has 16 heavy (non-hydrogen) atoms. The maximum Gasteiger partial charge on any atom is 0.229 e. The second kappa shape index (κ2) is 7.14. The molecule has 4 heteroatoms. The van der Waals surface area contributed by atoms with Crippen LogP contribution in [-0.2, 0) is 14.4 Å². The monoisotopic (exact) mass is 227 g/mol. The molecular weight excluding hydrogens is 206 g/mol. The van der Waals surface area contributed by atoms with Gasteiger partial charge in [-0.15, -0.1) is 0 Å². The van der Waals surface area contributed by atoms with E-state index in [0.29, 0.717) is 12.8 Å². The summed E-state index contributed by atoms with van der Waals surface area (Å²) in [7, 11) is 0. The summed E-state index contributed by atoms with van der Waals surface area (Å²) in [5.74, 6) is -0.224. The predicted molar refractivity (Wildman–Crippen MR) is 61.8 cm³/mol. The number of ketones is 1. The van der Waals surface area contributed by atoms with Gasteiger partial charge in [0.25, 0.3) is 0 Å². The quantitative estimate of drug-likeness (QED) is 0.688. The van der Waals surface area contributed by atoms with Crippen molar-refractivity contribution in [3.63, 3.8) is 0 Å². The SMILES string of the molecule is CC.CC(C)C(=O)CCN1C(=O)CCC1=O. The van der Waals surface area contributed by atoms with Gasteiger partial charge in [0.1, 0.15) is 5.78 Å². The molecule has 0 aromatic rings. The largest absolute Gasteiger partial charge is 0.299 e. The van der Waals surface area contributed by atoms with E-state index in [0.717, 1.165) is 0 Å². The lowest BCUT2D eigenvalue weighted by Crippen LogP contribution is -2.31. The van der Waals surface area contributed by atoms with Crippen LogP contribution in [0.15, 0.2) is 0 Å². The number of carbonyl (C=O) groups excluding carboxylic acids is 3. The summed E-state index contributed by atoms with van der Waals surface area (Å²) in [5, 5.41) is 0. The maximum atomic E-state index is 11.3. The number of imide groups is 1. The third kappa shape index (κ3) is 4.13. The molecule has 0 aromatic carbocycles. The van der Waals surface area contributed by atoms with Gasteiger partial charge in [-0.2, -0.15) is 0 Å². The van der Waals surface area contributed by atoms with Crippen LogP contribution in [-0.4, -0.2) is 29.0 Å². The van der Waals surface area contributed by atoms with E-state index in [1.165, 1.54) is 4.90 Å². The average Bonchev–Trinajstić information content (AvgIpc) is 2.58. The molecule has 0 N–H and O–H groups in total. The molecule has 1 heterocycles. The highest BCUT2D eigenvalue weighted by atomic mass is 16.2. The zero-order valence-electron chi connectivity index (χ0n) is 10.6. The first-order valence-electron chi connectivity index (χ1n) is 5.88. The van der Waals surface area contributed by atoms with Crippen molar-refractivity contribution in [1.29, 1.82) is 0 Å².